The topological polar surface area (TPSA) is 141 Å². The van der Waals surface area contributed by atoms with E-state index in [2.05, 4.69) is 5.32 Å². The van der Waals surface area contributed by atoms with Crippen LogP contribution in [0.4, 0.5) is 0 Å². The van der Waals surface area contributed by atoms with Crippen molar-refractivity contribution in [1.29, 1.82) is 0 Å². The first-order chi connectivity index (χ1) is 24.4. The lowest BCUT2D eigenvalue weighted by Gasteiger charge is -2.31. The molecule has 3 N–H and O–H groups in total. The number of hydrogen-bond acceptors (Lipinski definition) is 9. The van der Waals surface area contributed by atoms with Gasteiger partial charge in [0.2, 0.25) is 5.91 Å². The third kappa shape index (κ3) is 8.94. The minimum absolute atomic E-state index is 0.0236. The molecule has 0 aromatic heterocycles. The van der Waals surface area contributed by atoms with Crippen molar-refractivity contribution in [2.45, 2.75) is 95.0 Å². The van der Waals surface area contributed by atoms with E-state index in [-0.39, 0.29) is 31.6 Å². The molecule has 3 aromatic rings. The van der Waals surface area contributed by atoms with Gasteiger partial charge in [0.1, 0.15) is 29.7 Å². The van der Waals surface area contributed by atoms with Gasteiger partial charge < -0.3 is 34.5 Å². The number of allylic oxidation sites excluding steroid dienone is 1. The minimum atomic E-state index is -0.953. The van der Waals surface area contributed by atoms with Crippen molar-refractivity contribution < 1.29 is 43.5 Å². The smallest absolute Gasteiger partial charge is 0.338 e. The summed E-state index contributed by atoms with van der Waals surface area (Å²) in [6, 6.07) is 21.5. The van der Waals surface area contributed by atoms with Crippen molar-refractivity contribution >= 4 is 23.9 Å². The molecule has 51 heavy (non-hydrogen) atoms. The number of phenols is 1. The predicted octanol–water partition coefficient (Wildman–Crippen LogP) is 5.38. The van der Waals surface area contributed by atoms with Crippen molar-refractivity contribution in [2.24, 2.45) is 0 Å². The number of ether oxygens (including phenoxy) is 4. The summed E-state index contributed by atoms with van der Waals surface area (Å²) in [6.45, 7) is 4.96. The van der Waals surface area contributed by atoms with Crippen LogP contribution in [-0.2, 0) is 47.8 Å². The zero-order valence-corrected chi connectivity index (χ0v) is 29.2. The summed E-state index contributed by atoms with van der Waals surface area (Å²) in [5.74, 6) is -2.17. The molecule has 0 saturated carbocycles. The number of aliphatic hydroxyl groups excluding tert-OH is 1. The summed E-state index contributed by atoms with van der Waals surface area (Å²) in [7, 11) is 0. The third-order valence-corrected chi connectivity index (χ3v) is 9.20. The van der Waals surface area contributed by atoms with Crippen LogP contribution in [0, 0.1) is 0 Å². The lowest BCUT2D eigenvalue weighted by Crippen LogP contribution is -2.45. The molecule has 0 bridgehead atoms. The fourth-order valence-corrected chi connectivity index (χ4v) is 6.81. The number of para-hydroxylation sites is 1. The predicted molar refractivity (Wildman–Crippen MR) is 190 cm³/mol. The molecule has 268 valence electrons. The highest BCUT2D eigenvalue weighted by Gasteiger charge is 2.55. The van der Waals surface area contributed by atoms with E-state index in [1.54, 1.807) is 57.2 Å². The number of esters is 2. The summed E-state index contributed by atoms with van der Waals surface area (Å²) in [5.41, 5.74) is 3.84. The zero-order chi connectivity index (χ0) is 36.2. The minimum Gasteiger partial charge on any atom is -0.508 e. The maximum Gasteiger partial charge on any atom is 0.338 e. The van der Waals surface area contributed by atoms with Crippen molar-refractivity contribution in [1.82, 2.24) is 5.32 Å². The number of rotatable bonds is 11. The average molecular weight is 696 g/mol. The maximum absolute atomic E-state index is 13.7. The van der Waals surface area contributed by atoms with Crippen molar-refractivity contribution in [2.75, 3.05) is 6.61 Å². The second kappa shape index (κ2) is 15.2. The Hall–Kier alpha value is -4.77. The van der Waals surface area contributed by atoms with Crippen LogP contribution in [-0.4, -0.2) is 70.4 Å². The van der Waals surface area contributed by atoms with Gasteiger partial charge in [-0.1, -0.05) is 66.7 Å². The van der Waals surface area contributed by atoms with Gasteiger partial charge in [0.25, 0.3) is 0 Å². The molecule has 1 saturated heterocycles. The second-order valence-corrected chi connectivity index (χ2v) is 14.4. The lowest BCUT2D eigenvalue weighted by atomic mass is 9.91. The Balaban J connectivity index is 1.17. The Morgan fingerprint density at radius 2 is 1.73 bits per heavy atom. The van der Waals surface area contributed by atoms with Gasteiger partial charge in [-0.25, -0.2) is 4.79 Å². The molecule has 3 aliphatic rings. The summed E-state index contributed by atoms with van der Waals surface area (Å²) < 4.78 is 24.7. The third-order valence-electron chi connectivity index (χ3n) is 9.20. The van der Waals surface area contributed by atoms with Crippen LogP contribution in [0.15, 0.2) is 90.5 Å². The molecule has 4 atom stereocenters. The SMILES string of the molecule is CC(C)(C)OC(=O)CC[C@@H](CO)NC(=O)C1=C[C@H]2OC3(Cc4ccccc4C3)O[C@H]2[C@H](OC(=O)c2cccc(C=CCc3ccccc3O)c2)C1. The number of aliphatic hydroxyl groups is 1. The Bertz CT molecular complexity index is 1800. The quantitative estimate of drug-likeness (QED) is 0.226. The number of carbonyl (C=O) groups is 3. The summed E-state index contributed by atoms with van der Waals surface area (Å²) in [4.78, 5) is 39.6. The molecule has 6 rings (SSSR count). The molecule has 0 radical (unpaired) electrons. The van der Waals surface area contributed by atoms with Crippen LogP contribution in [0.2, 0.25) is 0 Å². The number of hydrogen-bond donors (Lipinski definition) is 3. The summed E-state index contributed by atoms with van der Waals surface area (Å²) >= 11 is 0. The molecule has 2 aliphatic carbocycles. The number of benzene rings is 3. The summed E-state index contributed by atoms with van der Waals surface area (Å²) in [5, 5.41) is 22.9. The van der Waals surface area contributed by atoms with Crippen molar-refractivity contribution in [3.8, 4) is 5.75 Å². The molecule has 1 spiro atoms. The van der Waals surface area contributed by atoms with Crippen LogP contribution >= 0.6 is 0 Å². The molecule has 0 unspecified atom stereocenters. The second-order valence-electron chi connectivity index (χ2n) is 14.4. The van der Waals surface area contributed by atoms with E-state index in [0.29, 0.717) is 30.4 Å². The Morgan fingerprint density at radius 1 is 1.00 bits per heavy atom. The molecule has 3 aromatic carbocycles. The molecule has 1 amide bonds. The average Bonchev–Trinajstić information content (AvgIpc) is 3.64. The normalized spacial score (nSPS) is 21.1. The number of amides is 1. The van der Waals surface area contributed by atoms with Gasteiger partial charge in [0.15, 0.2) is 5.79 Å². The molecule has 1 aliphatic heterocycles. The van der Waals surface area contributed by atoms with E-state index < -0.39 is 53.6 Å². The van der Waals surface area contributed by atoms with E-state index in [4.69, 9.17) is 18.9 Å². The molecular formula is C41H45NO9. The Morgan fingerprint density at radius 3 is 2.43 bits per heavy atom. The Kier molecular flexibility index (Phi) is 10.8. The standard InChI is InChI=1S/C41H45NO9/c1-40(2,3)50-36(45)19-18-32(25-43)42-38(46)31-21-34(37-35(22-31)49-41(51-37)23-29-13-4-5-14-30(29)24-41)48-39(47)28-16-9-11-26(20-28)10-8-15-27-12-6-7-17-33(27)44/h4-14,16-17,20,22,32,34-35,37,43-44H,15,18-19,21,23-25H2,1-3H3,(H,42,46)/t32-,34+,35+,37-/m0/s1. The first-order valence-electron chi connectivity index (χ1n) is 17.4. The summed E-state index contributed by atoms with van der Waals surface area (Å²) in [6.07, 6.45) is 5.20. The van der Waals surface area contributed by atoms with Gasteiger partial charge in [-0.3, -0.25) is 9.59 Å². The van der Waals surface area contributed by atoms with Gasteiger partial charge in [-0.15, -0.1) is 0 Å². The van der Waals surface area contributed by atoms with Crippen LogP contribution < -0.4 is 5.32 Å². The zero-order valence-electron chi connectivity index (χ0n) is 29.2. The van der Waals surface area contributed by atoms with E-state index in [0.717, 1.165) is 22.3 Å². The van der Waals surface area contributed by atoms with Crippen molar-refractivity contribution in [3.63, 3.8) is 0 Å². The fourth-order valence-electron chi connectivity index (χ4n) is 6.81. The van der Waals surface area contributed by atoms with Gasteiger partial charge >= 0.3 is 11.9 Å². The van der Waals surface area contributed by atoms with E-state index in [1.807, 2.05) is 54.6 Å². The van der Waals surface area contributed by atoms with E-state index in [9.17, 15) is 24.6 Å². The molecule has 10 nitrogen and oxygen atoms in total. The van der Waals surface area contributed by atoms with Gasteiger partial charge in [-0.2, -0.15) is 0 Å². The van der Waals surface area contributed by atoms with Gasteiger partial charge in [0.05, 0.1) is 18.2 Å². The number of nitrogens with one attached hydrogen (secondary N) is 1. The number of fused-ring (bicyclic) bond motifs is 2. The highest BCUT2D eigenvalue weighted by atomic mass is 16.8. The van der Waals surface area contributed by atoms with Gasteiger partial charge in [-0.05, 0) is 80.1 Å². The first kappa shape index (κ1) is 36.0. The highest BCUT2D eigenvalue weighted by Crippen LogP contribution is 2.45. The largest absolute Gasteiger partial charge is 0.508 e. The monoisotopic (exact) mass is 695 g/mol. The Labute approximate surface area is 298 Å². The first-order valence-corrected chi connectivity index (χ1v) is 17.4. The van der Waals surface area contributed by atoms with E-state index in [1.165, 1.54) is 0 Å². The fraction of sp³-hybridized carbons (Fsp3) is 0.390. The molecule has 1 fully saturated rings. The van der Waals surface area contributed by atoms with E-state index >= 15 is 0 Å². The van der Waals surface area contributed by atoms with Crippen LogP contribution in [0.1, 0.15) is 72.6 Å². The van der Waals surface area contributed by atoms with Crippen molar-refractivity contribution in [3.05, 3.63) is 118 Å². The number of carbonyl (C=O) groups excluding carboxylic acids is 3. The van der Waals surface area contributed by atoms with Crippen LogP contribution in [0.25, 0.3) is 6.08 Å². The van der Waals surface area contributed by atoms with Crippen LogP contribution in [0.3, 0.4) is 0 Å². The van der Waals surface area contributed by atoms with Crippen LogP contribution in [0.5, 0.6) is 5.75 Å². The molecule has 10 heteroatoms. The molecule has 1 heterocycles. The number of aromatic hydroxyl groups is 1. The number of phenolic OH excluding ortho intramolecular Hbond substituents is 1. The molecular weight excluding hydrogens is 650 g/mol. The lowest BCUT2D eigenvalue weighted by molar-refractivity contribution is -0.172. The maximum atomic E-state index is 13.7. The highest BCUT2D eigenvalue weighted by molar-refractivity contribution is 5.94. The van der Waals surface area contributed by atoms with Gasteiger partial charge in [0, 0.05) is 31.3 Å².